The summed E-state index contributed by atoms with van der Waals surface area (Å²) in [5, 5.41) is 0. The van der Waals surface area contributed by atoms with Gasteiger partial charge >= 0.3 is 0 Å². The molecule has 0 atom stereocenters. The third-order valence-corrected chi connectivity index (χ3v) is 4.28. The molecule has 0 saturated heterocycles. The SMILES string of the molecule is COCCN(CCOC)Cc1ccc(CN(CCOC)CCOC)cc1. The fraction of sp³-hybridized carbons (Fsp3) is 0.700. The smallest absolute Gasteiger partial charge is 0.0589 e. The number of hydrogen-bond donors (Lipinski definition) is 0. The minimum Gasteiger partial charge on any atom is -0.383 e. The van der Waals surface area contributed by atoms with E-state index in [2.05, 4.69) is 34.1 Å². The van der Waals surface area contributed by atoms with Gasteiger partial charge in [-0.1, -0.05) is 24.3 Å². The molecular weight excluding hydrogens is 332 g/mol. The first kappa shape index (κ1) is 23.0. The predicted molar refractivity (Wildman–Crippen MR) is 105 cm³/mol. The fourth-order valence-electron chi connectivity index (χ4n) is 2.69. The zero-order chi connectivity index (χ0) is 19.0. The topological polar surface area (TPSA) is 43.4 Å². The number of rotatable bonds is 16. The first-order valence-electron chi connectivity index (χ1n) is 9.21. The van der Waals surface area contributed by atoms with E-state index in [1.165, 1.54) is 11.1 Å². The molecule has 0 aliphatic rings. The maximum Gasteiger partial charge on any atom is 0.0589 e. The van der Waals surface area contributed by atoms with Gasteiger partial charge in [0.15, 0.2) is 0 Å². The van der Waals surface area contributed by atoms with E-state index in [1.807, 2.05) is 0 Å². The second-order valence-electron chi connectivity index (χ2n) is 6.34. The van der Waals surface area contributed by atoms with E-state index in [0.29, 0.717) is 0 Å². The Balaban J connectivity index is 2.58. The Hall–Kier alpha value is -1.02. The lowest BCUT2D eigenvalue weighted by molar-refractivity contribution is 0.109. The quantitative estimate of drug-likeness (QED) is 0.444. The van der Waals surface area contributed by atoms with Crippen molar-refractivity contribution in [3.8, 4) is 0 Å². The molecule has 6 nitrogen and oxygen atoms in total. The molecule has 150 valence electrons. The molecule has 0 heterocycles. The van der Waals surface area contributed by atoms with Crippen molar-refractivity contribution >= 4 is 0 Å². The second-order valence-corrected chi connectivity index (χ2v) is 6.34. The molecule has 0 bridgehead atoms. The van der Waals surface area contributed by atoms with Gasteiger partial charge in [-0.15, -0.1) is 0 Å². The summed E-state index contributed by atoms with van der Waals surface area (Å²) in [5.41, 5.74) is 2.61. The molecule has 26 heavy (non-hydrogen) atoms. The van der Waals surface area contributed by atoms with Gasteiger partial charge in [0.25, 0.3) is 0 Å². The number of nitrogens with zero attached hydrogens (tertiary/aromatic N) is 2. The van der Waals surface area contributed by atoms with Crippen molar-refractivity contribution in [3.63, 3.8) is 0 Å². The highest BCUT2D eigenvalue weighted by atomic mass is 16.5. The van der Waals surface area contributed by atoms with E-state index >= 15 is 0 Å². The van der Waals surface area contributed by atoms with Crippen LogP contribution in [0.3, 0.4) is 0 Å². The molecule has 0 unspecified atom stereocenters. The molecule has 6 heteroatoms. The Morgan fingerprint density at radius 3 is 1.04 bits per heavy atom. The van der Waals surface area contributed by atoms with Crippen LogP contribution in [0.4, 0.5) is 0 Å². The van der Waals surface area contributed by atoms with Crippen LogP contribution in [0.2, 0.25) is 0 Å². The zero-order valence-electron chi connectivity index (χ0n) is 16.9. The zero-order valence-corrected chi connectivity index (χ0v) is 16.9. The van der Waals surface area contributed by atoms with Gasteiger partial charge in [0.05, 0.1) is 26.4 Å². The van der Waals surface area contributed by atoms with Gasteiger partial charge in [-0.2, -0.15) is 0 Å². The Morgan fingerprint density at radius 1 is 0.538 bits per heavy atom. The van der Waals surface area contributed by atoms with Gasteiger partial charge in [-0.25, -0.2) is 0 Å². The van der Waals surface area contributed by atoms with E-state index in [1.54, 1.807) is 28.4 Å². The van der Waals surface area contributed by atoms with Crippen LogP contribution in [0.25, 0.3) is 0 Å². The van der Waals surface area contributed by atoms with Gasteiger partial charge in [0.2, 0.25) is 0 Å². The normalized spacial score (nSPS) is 11.6. The van der Waals surface area contributed by atoms with E-state index in [-0.39, 0.29) is 0 Å². The van der Waals surface area contributed by atoms with Gasteiger partial charge in [0.1, 0.15) is 0 Å². The molecule has 0 aliphatic carbocycles. The number of ether oxygens (including phenoxy) is 4. The Bertz CT molecular complexity index is 385. The number of methoxy groups -OCH3 is 4. The first-order valence-corrected chi connectivity index (χ1v) is 9.21. The van der Waals surface area contributed by atoms with Crippen molar-refractivity contribution in [3.05, 3.63) is 35.4 Å². The van der Waals surface area contributed by atoms with Crippen LogP contribution in [-0.2, 0) is 32.0 Å². The number of benzene rings is 1. The Kier molecular flexibility index (Phi) is 13.4. The third kappa shape index (κ3) is 10.2. The van der Waals surface area contributed by atoms with E-state index in [0.717, 1.165) is 65.7 Å². The monoisotopic (exact) mass is 368 g/mol. The van der Waals surface area contributed by atoms with Crippen LogP contribution >= 0.6 is 0 Å². The minimum atomic E-state index is 0.732. The molecule has 1 rings (SSSR count). The standard InChI is InChI=1S/C20H36N2O4/c1-23-13-9-21(10-14-24-2)17-19-5-7-20(8-6-19)18-22(11-15-25-3)12-16-26-4/h5-8H,9-18H2,1-4H3. The van der Waals surface area contributed by atoms with Crippen molar-refractivity contribution < 1.29 is 18.9 Å². The van der Waals surface area contributed by atoms with Gasteiger partial charge in [-0.3, -0.25) is 9.80 Å². The van der Waals surface area contributed by atoms with Gasteiger partial charge in [0, 0.05) is 67.7 Å². The van der Waals surface area contributed by atoms with Crippen LogP contribution in [0.1, 0.15) is 11.1 Å². The van der Waals surface area contributed by atoms with Crippen LogP contribution < -0.4 is 0 Å². The average molecular weight is 369 g/mol. The maximum atomic E-state index is 5.21. The largest absolute Gasteiger partial charge is 0.383 e. The summed E-state index contributed by atoms with van der Waals surface area (Å²) >= 11 is 0. The van der Waals surface area contributed by atoms with Crippen molar-refractivity contribution in [2.45, 2.75) is 13.1 Å². The summed E-state index contributed by atoms with van der Waals surface area (Å²) < 4.78 is 20.8. The van der Waals surface area contributed by atoms with Crippen molar-refractivity contribution in [1.82, 2.24) is 9.80 Å². The summed E-state index contributed by atoms with van der Waals surface area (Å²) in [6.07, 6.45) is 0. The van der Waals surface area contributed by atoms with Gasteiger partial charge < -0.3 is 18.9 Å². The second kappa shape index (κ2) is 15.1. The maximum absolute atomic E-state index is 5.21. The summed E-state index contributed by atoms with van der Waals surface area (Å²) in [4.78, 5) is 4.71. The molecule has 0 aromatic heterocycles. The Labute approximate surface area is 159 Å². The lowest BCUT2D eigenvalue weighted by atomic mass is 10.1. The van der Waals surface area contributed by atoms with Crippen LogP contribution in [0.15, 0.2) is 24.3 Å². The Morgan fingerprint density at radius 2 is 0.808 bits per heavy atom. The highest BCUT2D eigenvalue weighted by molar-refractivity contribution is 5.22. The molecule has 0 spiro atoms. The van der Waals surface area contributed by atoms with Crippen LogP contribution in [0, 0.1) is 0 Å². The highest BCUT2D eigenvalue weighted by Crippen LogP contribution is 2.10. The summed E-state index contributed by atoms with van der Waals surface area (Å²) in [7, 11) is 6.95. The minimum absolute atomic E-state index is 0.732. The van der Waals surface area contributed by atoms with Crippen molar-refractivity contribution in [2.75, 3.05) is 81.0 Å². The molecule has 1 aromatic carbocycles. The predicted octanol–water partition coefficient (Wildman–Crippen LogP) is 1.88. The van der Waals surface area contributed by atoms with E-state index < -0.39 is 0 Å². The number of hydrogen-bond acceptors (Lipinski definition) is 6. The fourth-order valence-corrected chi connectivity index (χ4v) is 2.69. The molecule has 0 amide bonds. The van der Waals surface area contributed by atoms with Crippen LogP contribution in [-0.4, -0.2) is 90.8 Å². The molecule has 0 N–H and O–H groups in total. The molecule has 0 radical (unpaired) electrons. The lowest BCUT2D eigenvalue weighted by Crippen LogP contribution is -2.30. The van der Waals surface area contributed by atoms with Crippen LogP contribution in [0.5, 0.6) is 0 Å². The van der Waals surface area contributed by atoms with E-state index in [4.69, 9.17) is 18.9 Å². The van der Waals surface area contributed by atoms with Gasteiger partial charge in [-0.05, 0) is 11.1 Å². The van der Waals surface area contributed by atoms with Crippen molar-refractivity contribution in [2.24, 2.45) is 0 Å². The summed E-state index contributed by atoms with van der Waals surface area (Å²) in [5.74, 6) is 0. The first-order chi connectivity index (χ1) is 12.7. The van der Waals surface area contributed by atoms with E-state index in [9.17, 15) is 0 Å². The molecule has 1 aromatic rings. The average Bonchev–Trinajstić information content (AvgIpc) is 2.67. The molecular formula is C20H36N2O4. The summed E-state index contributed by atoms with van der Waals surface area (Å²) in [6.45, 7) is 8.37. The van der Waals surface area contributed by atoms with Crippen molar-refractivity contribution in [1.29, 1.82) is 0 Å². The molecule has 0 fully saturated rings. The lowest BCUT2D eigenvalue weighted by Gasteiger charge is -2.23. The third-order valence-electron chi connectivity index (χ3n) is 4.28. The summed E-state index contributed by atoms with van der Waals surface area (Å²) in [6, 6.07) is 8.86. The molecule has 0 aliphatic heterocycles. The molecule has 0 saturated carbocycles. The highest BCUT2D eigenvalue weighted by Gasteiger charge is 2.08.